The fourth-order valence-corrected chi connectivity index (χ4v) is 2.42. The summed E-state index contributed by atoms with van der Waals surface area (Å²) in [6.07, 6.45) is 1.27. The average Bonchev–Trinajstić information content (AvgIpc) is 2.81. The van der Waals surface area contributed by atoms with E-state index in [1.807, 2.05) is 65.8 Å². The van der Waals surface area contributed by atoms with Crippen LogP contribution in [0.3, 0.4) is 0 Å². The third-order valence-electron chi connectivity index (χ3n) is 3.90. The van der Waals surface area contributed by atoms with Gasteiger partial charge in [0.05, 0.1) is 6.04 Å². The van der Waals surface area contributed by atoms with Crippen LogP contribution in [0.1, 0.15) is 78.9 Å². The molecular formula is C23H42N6O2. The van der Waals surface area contributed by atoms with E-state index in [1.54, 1.807) is 6.92 Å². The number of nitrogens with one attached hydrogen (secondary N) is 2. The third-order valence-corrected chi connectivity index (χ3v) is 3.90. The maximum atomic E-state index is 12.0. The van der Waals surface area contributed by atoms with Crippen molar-refractivity contribution in [3.8, 4) is 0 Å². The van der Waals surface area contributed by atoms with Crippen molar-refractivity contribution in [1.29, 1.82) is 0 Å². The normalized spacial score (nSPS) is 12.0. The zero-order valence-electron chi connectivity index (χ0n) is 20.3. The number of nitrogens with zero attached hydrogens (tertiary/aromatic N) is 2. The summed E-state index contributed by atoms with van der Waals surface area (Å²) >= 11 is 0. The molecule has 0 saturated heterocycles. The van der Waals surface area contributed by atoms with Crippen LogP contribution in [0, 0.1) is 0 Å². The Morgan fingerprint density at radius 1 is 1.00 bits per heavy atom. The van der Waals surface area contributed by atoms with Crippen molar-refractivity contribution in [2.45, 2.75) is 80.3 Å². The van der Waals surface area contributed by atoms with E-state index in [1.165, 1.54) is 0 Å². The fourth-order valence-electron chi connectivity index (χ4n) is 2.42. The Bertz CT molecular complexity index is 680. The molecule has 1 rings (SSSR count). The number of hydrogen-bond donors (Lipinski definition) is 4. The molecule has 176 valence electrons. The summed E-state index contributed by atoms with van der Waals surface area (Å²) in [6, 6.07) is 7.08. The van der Waals surface area contributed by atoms with Crippen LogP contribution in [-0.4, -0.2) is 35.9 Å². The van der Waals surface area contributed by atoms with Crippen molar-refractivity contribution >= 4 is 23.4 Å². The van der Waals surface area contributed by atoms with Gasteiger partial charge in [0.2, 0.25) is 5.91 Å². The molecule has 0 saturated carbocycles. The smallest absolute Gasteiger partial charge is 0.220 e. The molecule has 0 aliphatic carbocycles. The van der Waals surface area contributed by atoms with Crippen molar-refractivity contribution in [1.82, 2.24) is 10.6 Å². The van der Waals surface area contributed by atoms with Crippen LogP contribution in [0.5, 0.6) is 0 Å². The molecule has 0 aromatic heterocycles. The van der Waals surface area contributed by atoms with E-state index < -0.39 is 0 Å². The van der Waals surface area contributed by atoms with Gasteiger partial charge >= 0.3 is 0 Å². The van der Waals surface area contributed by atoms with Crippen LogP contribution < -0.4 is 22.1 Å². The number of carbonyl (C=O) groups is 2. The topological polar surface area (TPSA) is 135 Å². The molecule has 6 N–H and O–H groups in total. The Morgan fingerprint density at radius 2 is 1.58 bits per heavy atom. The SMILES string of the molecule is CC.CC.CCNC(CCC(=O)NCc1ccc(/C(N)=N/N=C(/C)N)cc1)C(=O)CC. The lowest BCUT2D eigenvalue weighted by Crippen LogP contribution is -2.37. The number of amidine groups is 2. The van der Waals surface area contributed by atoms with E-state index in [-0.39, 0.29) is 23.6 Å². The van der Waals surface area contributed by atoms with Crippen LogP contribution >= 0.6 is 0 Å². The molecule has 1 unspecified atom stereocenters. The van der Waals surface area contributed by atoms with Crippen LogP contribution in [0.25, 0.3) is 0 Å². The van der Waals surface area contributed by atoms with E-state index >= 15 is 0 Å². The standard InChI is InChI=1S/C19H30N6O2.2C2H6/c1-4-17(26)16(22-5-2)10-11-18(27)23-12-14-6-8-15(9-7-14)19(21)25-24-13(3)20;2*1-2/h6-9,16,22H,4-5,10-12H2,1-3H3,(H2,20,24)(H2,21,25)(H,23,27);2*1-2H3. The van der Waals surface area contributed by atoms with Gasteiger partial charge in [0.1, 0.15) is 11.6 Å². The Morgan fingerprint density at radius 3 is 2.06 bits per heavy atom. The molecule has 0 radical (unpaired) electrons. The molecule has 1 aromatic carbocycles. The van der Waals surface area contributed by atoms with E-state index in [0.29, 0.717) is 38.2 Å². The molecule has 0 heterocycles. The van der Waals surface area contributed by atoms with Crippen molar-refractivity contribution in [3.05, 3.63) is 35.4 Å². The number of Topliss-reactive ketones (excluding diaryl/α,β-unsaturated/α-hetero) is 1. The predicted octanol–water partition coefficient (Wildman–Crippen LogP) is 3.09. The average molecular weight is 435 g/mol. The quantitative estimate of drug-likeness (QED) is 0.241. The minimum Gasteiger partial charge on any atom is -0.386 e. The Balaban J connectivity index is 0. The Hall–Kier alpha value is -2.74. The monoisotopic (exact) mass is 434 g/mol. The highest BCUT2D eigenvalue weighted by Gasteiger charge is 2.16. The lowest BCUT2D eigenvalue weighted by atomic mass is 10.0. The number of likely N-dealkylation sites (N-methyl/N-ethyl adjacent to an activating group) is 1. The summed E-state index contributed by atoms with van der Waals surface area (Å²) < 4.78 is 0. The summed E-state index contributed by atoms with van der Waals surface area (Å²) in [5.74, 6) is 0.646. The van der Waals surface area contributed by atoms with Gasteiger partial charge in [-0.2, -0.15) is 0 Å². The van der Waals surface area contributed by atoms with Gasteiger partial charge < -0.3 is 22.1 Å². The summed E-state index contributed by atoms with van der Waals surface area (Å²) in [7, 11) is 0. The van der Waals surface area contributed by atoms with Gasteiger partial charge in [-0.1, -0.05) is 65.8 Å². The zero-order valence-corrected chi connectivity index (χ0v) is 20.3. The second-order valence-corrected chi connectivity index (χ2v) is 6.17. The van der Waals surface area contributed by atoms with E-state index in [0.717, 1.165) is 11.1 Å². The summed E-state index contributed by atoms with van der Waals surface area (Å²) in [5.41, 5.74) is 12.9. The second-order valence-electron chi connectivity index (χ2n) is 6.17. The number of benzene rings is 1. The van der Waals surface area contributed by atoms with E-state index in [4.69, 9.17) is 11.5 Å². The van der Waals surface area contributed by atoms with Gasteiger partial charge in [0, 0.05) is 24.9 Å². The van der Waals surface area contributed by atoms with Crippen LogP contribution in [0.15, 0.2) is 34.5 Å². The van der Waals surface area contributed by atoms with Gasteiger partial charge in [-0.15, -0.1) is 10.2 Å². The molecule has 1 aromatic rings. The zero-order chi connectivity index (χ0) is 24.2. The number of amides is 1. The van der Waals surface area contributed by atoms with Crippen LogP contribution in [-0.2, 0) is 16.1 Å². The molecular weight excluding hydrogens is 392 g/mol. The van der Waals surface area contributed by atoms with Crippen molar-refractivity contribution in [2.75, 3.05) is 6.54 Å². The lowest BCUT2D eigenvalue weighted by molar-refractivity contribution is -0.122. The van der Waals surface area contributed by atoms with Gasteiger partial charge in [0.15, 0.2) is 5.84 Å². The summed E-state index contributed by atoms with van der Waals surface area (Å²) in [4.78, 5) is 23.9. The molecule has 0 spiro atoms. The van der Waals surface area contributed by atoms with Gasteiger partial charge in [-0.05, 0) is 25.5 Å². The number of hydrogen-bond acceptors (Lipinski definition) is 5. The van der Waals surface area contributed by atoms with Crippen molar-refractivity contribution in [2.24, 2.45) is 21.7 Å². The molecule has 8 nitrogen and oxygen atoms in total. The highest BCUT2D eigenvalue weighted by Crippen LogP contribution is 2.06. The summed E-state index contributed by atoms with van der Waals surface area (Å²) in [5, 5.41) is 13.5. The number of rotatable bonds is 11. The number of nitrogens with two attached hydrogens (primary N) is 2. The van der Waals surface area contributed by atoms with Gasteiger partial charge in [0.25, 0.3) is 0 Å². The van der Waals surface area contributed by atoms with E-state index in [9.17, 15) is 9.59 Å². The van der Waals surface area contributed by atoms with Gasteiger partial charge in [-0.25, -0.2) is 0 Å². The second kappa shape index (κ2) is 19.2. The lowest BCUT2D eigenvalue weighted by Gasteiger charge is -2.15. The molecule has 1 atom stereocenters. The number of ketones is 1. The predicted molar refractivity (Wildman–Crippen MR) is 131 cm³/mol. The third kappa shape index (κ3) is 14.0. The molecule has 1 amide bonds. The van der Waals surface area contributed by atoms with Gasteiger partial charge in [-0.3, -0.25) is 9.59 Å². The maximum Gasteiger partial charge on any atom is 0.220 e. The highest BCUT2D eigenvalue weighted by molar-refractivity contribution is 5.97. The molecule has 0 aliphatic rings. The minimum atomic E-state index is -0.257. The van der Waals surface area contributed by atoms with Crippen molar-refractivity contribution < 1.29 is 9.59 Å². The van der Waals surface area contributed by atoms with Crippen LogP contribution in [0.4, 0.5) is 0 Å². The molecule has 0 aliphatic heterocycles. The number of carbonyl (C=O) groups excluding carboxylic acids is 2. The maximum absolute atomic E-state index is 12.0. The molecule has 8 heteroatoms. The van der Waals surface area contributed by atoms with Crippen LogP contribution in [0.2, 0.25) is 0 Å². The largest absolute Gasteiger partial charge is 0.386 e. The molecule has 0 bridgehead atoms. The summed E-state index contributed by atoms with van der Waals surface area (Å²) in [6.45, 7) is 14.5. The van der Waals surface area contributed by atoms with E-state index in [2.05, 4.69) is 20.8 Å². The Kier molecular flexibility index (Phi) is 18.9. The fraction of sp³-hybridized carbons (Fsp3) is 0.565. The Labute approximate surface area is 188 Å². The first-order valence-corrected chi connectivity index (χ1v) is 11.1. The first-order valence-electron chi connectivity index (χ1n) is 11.1. The minimum absolute atomic E-state index is 0.0836. The first kappa shape index (κ1) is 30.5. The molecule has 31 heavy (non-hydrogen) atoms. The highest BCUT2D eigenvalue weighted by atomic mass is 16.1. The molecule has 0 fully saturated rings. The first-order chi connectivity index (χ1) is 14.9. The van der Waals surface area contributed by atoms with Crippen molar-refractivity contribution in [3.63, 3.8) is 0 Å².